The average molecular weight is 256 g/mol. The Balaban J connectivity index is 2.13. The van der Waals surface area contributed by atoms with Gasteiger partial charge in [-0.15, -0.1) is 0 Å². The number of aromatic amines is 2. The van der Waals surface area contributed by atoms with Gasteiger partial charge in [-0.05, 0) is 5.56 Å². The van der Waals surface area contributed by atoms with Crippen LogP contribution in [0.15, 0.2) is 39.9 Å². The highest BCUT2D eigenvalue weighted by atomic mass is 16.2. The third kappa shape index (κ3) is 1.97. The summed E-state index contributed by atoms with van der Waals surface area (Å²) in [5, 5.41) is 0. The van der Waals surface area contributed by atoms with Crippen LogP contribution in [0.5, 0.6) is 0 Å². The van der Waals surface area contributed by atoms with Crippen LogP contribution in [-0.2, 0) is 13.5 Å². The van der Waals surface area contributed by atoms with Crippen molar-refractivity contribution in [2.45, 2.75) is 6.42 Å². The number of aryl methyl sites for hydroxylation is 1. The minimum atomic E-state index is -0.463. The molecule has 6 heteroatoms. The molecule has 3 aromatic rings. The first-order valence-corrected chi connectivity index (χ1v) is 5.87. The topological polar surface area (TPSA) is 83.5 Å². The molecule has 0 aliphatic heterocycles. The van der Waals surface area contributed by atoms with Crippen molar-refractivity contribution in [1.82, 2.24) is 19.5 Å². The summed E-state index contributed by atoms with van der Waals surface area (Å²) in [6, 6.07) is 9.80. The molecule has 0 saturated heterocycles. The first-order valence-electron chi connectivity index (χ1n) is 5.87. The lowest BCUT2D eigenvalue weighted by atomic mass is 10.1. The van der Waals surface area contributed by atoms with Gasteiger partial charge in [-0.1, -0.05) is 30.3 Å². The van der Waals surface area contributed by atoms with Crippen molar-refractivity contribution < 1.29 is 0 Å². The van der Waals surface area contributed by atoms with Crippen LogP contribution in [0, 0.1) is 0 Å². The number of rotatable bonds is 2. The first kappa shape index (κ1) is 11.5. The van der Waals surface area contributed by atoms with Crippen molar-refractivity contribution in [2.24, 2.45) is 7.05 Å². The number of hydrogen-bond acceptors (Lipinski definition) is 3. The van der Waals surface area contributed by atoms with Gasteiger partial charge >= 0.3 is 5.69 Å². The molecule has 2 N–H and O–H groups in total. The largest absolute Gasteiger partial charge is 0.336 e. The predicted octanol–water partition coefficient (Wildman–Crippen LogP) is 0.541. The van der Waals surface area contributed by atoms with Gasteiger partial charge in [0.05, 0.1) is 0 Å². The minimum Gasteiger partial charge on any atom is -0.336 e. The molecule has 2 heterocycles. The van der Waals surface area contributed by atoms with E-state index in [1.165, 1.54) is 4.57 Å². The summed E-state index contributed by atoms with van der Waals surface area (Å²) in [6.45, 7) is 0. The van der Waals surface area contributed by atoms with Gasteiger partial charge in [0.1, 0.15) is 11.3 Å². The van der Waals surface area contributed by atoms with E-state index in [9.17, 15) is 9.59 Å². The summed E-state index contributed by atoms with van der Waals surface area (Å²) in [4.78, 5) is 32.7. The van der Waals surface area contributed by atoms with Crippen LogP contribution < -0.4 is 11.2 Å². The fraction of sp³-hybridized carbons (Fsp3) is 0.154. The van der Waals surface area contributed by atoms with Gasteiger partial charge in [0, 0.05) is 13.5 Å². The number of fused-ring (bicyclic) bond motifs is 1. The highest BCUT2D eigenvalue weighted by Crippen LogP contribution is 2.09. The van der Waals surface area contributed by atoms with Crippen molar-refractivity contribution in [2.75, 3.05) is 0 Å². The van der Waals surface area contributed by atoms with Crippen LogP contribution in [0.3, 0.4) is 0 Å². The Morgan fingerprint density at radius 3 is 2.63 bits per heavy atom. The third-order valence-corrected chi connectivity index (χ3v) is 3.02. The zero-order valence-corrected chi connectivity index (χ0v) is 10.3. The summed E-state index contributed by atoms with van der Waals surface area (Å²) >= 11 is 0. The molecule has 1 aromatic carbocycles. The first-order chi connectivity index (χ1) is 9.15. The standard InChI is InChI=1S/C13H12N4O2/c1-17-11-10(12(18)16-13(17)19)14-9(15-11)7-8-5-3-2-4-6-8/h2-6H,7H2,1H3,(H,14,15)(H,16,18,19). The molecule has 0 fully saturated rings. The van der Waals surface area contributed by atoms with Gasteiger partial charge in [-0.2, -0.15) is 0 Å². The van der Waals surface area contributed by atoms with Crippen molar-refractivity contribution in [3.8, 4) is 0 Å². The Kier molecular flexibility index (Phi) is 2.56. The van der Waals surface area contributed by atoms with Crippen molar-refractivity contribution in [1.29, 1.82) is 0 Å². The van der Waals surface area contributed by atoms with E-state index in [4.69, 9.17) is 0 Å². The monoisotopic (exact) mass is 256 g/mol. The van der Waals surface area contributed by atoms with Crippen LogP contribution in [-0.4, -0.2) is 19.5 Å². The SMILES string of the molecule is Cn1c(=O)[nH]c(=O)c2[nH]c(Cc3ccccc3)nc21. The molecular weight excluding hydrogens is 244 g/mol. The van der Waals surface area contributed by atoms with Crippen LogP contribution in [0.25, 0.3) is 11.2 Å². The second-order valence-corrected chi connectivity index (χ2v) is 4.36. The summed E-state index contributed by atoms with van der Waals surface area (Å²) in [5.41, 5.74) is 0.885. The van der Waals surface area contributed by atoms with Crippen molar-refractivity contribution >= 4 is 11.2 Å². The van der Waals surface area contributed by atoms with Crippen LogP contribution in [0.1, 0.15) is 11.4 Å². The fourth-order valence-electron chi connectivity index (χ4n) is 2.03. The predicted molar refractivity (Wildman–Crippen MR) is 71.2 cm³/mol. The Labute approximate surface area is 107 Å². The van der Waals surface area contributed by atoms with E-state index in [0.717, 1.165) is 5.56 Å². The molecule has 0 aliphatic rings. The average Bonchev–Trinajstić information content (AvgIpc) is 2.82. The zero-order valence-electron chi connectivity index (χ0n) is 10.3. The quantitative estimate of drug-likeness (QED) is 0.702. The number of H-pyrrole nitrogens is 2. The van der Waals surface area contributed by atoms with Crippen molar-refractivity contribution in [3.63, 3.8) is 0 Å². The smallest absolute Gasteiger partial charge is 0.329 e. The maximum absolute atomic E-state index is 11.7. The molecule has 0 atom stereocenters. The normalized spacial score (nSPS) is 11.0. The lowest BCUT2D eigenvalue weighted by Gasteiger charge is -1.96. The maximum atomic E-state index is 11.7. The second-order valence-electron chi connectivity index (χ2n) is 4.36. The van der Waals surface area contributed by atoms with Crippen molar-refractivity contribution in [3.05, 3.63) is 62.6 Å². The minimum absolute atomic E-state index is 0.327. The van der Waals surface area contributed by atoms with Gasteiger partial charge < -0.3 is 4.98 Å². The van der Waals surface area contributed by atoms with Gasteiger partial charge in [0.15, 0.2) is 5.65 Å². The summed E-state index contributed by atoms with van der Waals surface area (Å²) in [7, 11) is 1.58. The Morgan fingerprint density at radius 1 is 1.16 bits per heavy atom. The van der Waals surface area contributed by atoms with E-state index in [-0.39, 0.29) is 0 Å². The molecule has 96 valence electrons. The van der Waals surface area contributed by atoms with E-state index in [0.29, 0.717) is 23.4 Å². The highest BCUT2D eigenvalue weighted by molar-refractivity contribution is 5.69. The molecule has 0 spiro atoms. The highest BCUT2D eigenvalue weighted by Gasteiger charge is 2.10. The fourth-order valence-corrected chi connectivity index (χ4v) is 2.03. The number of nitrogens with zero attached hydrogens (tertiary/aromatic N) is 2. The van der Waals surface area contributed by atoms with E-state index in [2.05, 4.69) is 15.0 Å². The molecule has 0 unspecified atom stereocenters. The molecule has 6 nitrogen and oxygen atoms in total. The van der Waals surface area contributed by atoms with Crippen LogP contribution >= 0.6 is 0 Å². The Morgan fingerprint density at radius 2 is 1.89 bits per heavy atom. The molecule has 0 amide bonds. The number of imidazole rings is 1. The lowest BCUT2D eigenvalue weighted by molar-refractivity contribution is 0.830. The summed E-state index contributed by atoms with van der Waals surface area (Å²) in [5.74, 6) is 0.660. The van der Waals surface area contributed by atoms with Gasteiger partial charge in [-0.25, -0.2) is 9.78 Å². The molecular formula is C13H12N4O2. The Bertz CT molecular complexity index is 842. The van der Waals surface area contributed by atoms with E-state index in [1.807, 2.05) is 30.3 Å². The Hall–Kier alpha value is -2.63. The maximum Gasteiger partial charge on any atom is 0.329 e. The molecule has 19 heavy (non-hydrogen) atoms. The van der Waals surface area contributed by atoms with Gasteiger partial charge in [0.2, 0.25) is 0 Å². The second kappa shape index (κ2) is 4.24. The van der Waals surface area contributed by atoms with E-state index in [1.54, 1.807) is 7.05 Å². The molecule has 3 rings (SSSR count). The van der Waals surface area contributed by atoms with Gasteiger partial charge in [-0.3, -0.25) is 14.3 Å². The van der Waals surface area contributed by atoms with Crippen LogP contribution in [0.4, 0.5) is 0 Å². The molecule has 2 aromatic heterocycles. The lowest BCUT2D eigenvalue weighted by Crippen LogP contribution is -2.28. The number of nitrogens with one attached hydrogen (secondary N) is 2. The third-order valence-electron chi connectivity index (χ3n) is 3.02. The van der Waals surface area contributed by atoms with Gasteiger partial charge in [0.25, 0.3) is 5.56 Å². The van der Waals surface area contributed by atoms with E-state index >= 15 is 0 Å². The number of hydrogen-bond donors (Lipinski definition) is 2. The number of aromatic nitrogens is 4. The molecule has 0 saturated carbocycles. The summed E-state index contributed by atoms with van der Waals surface area (Å²) < 4.78 is 1.32. The molecule has 0 radical (unpaired) electrons. The van der Waals surface area contributed by atoms with Crippen LogP contribution in [0.2, 0.25) is 0 Å². The summed E-state index contributed by atoms with van der Waals surface area (Å²) in [6.07, 6.45) is 0.586. The molecule has 0 aliphatic carbocycles. The molecule has 0 bridgehead atoms. The zero-order chi connectivity index (χ0) is 13.4. The van der Waals surface area contributed by atoms with E-state index < -0.39 is 11.2 Å². The number of benzene rings is 1.